The summed E-state index contributed by atoms with van der Waals surface area (Å²) < 4.78 is 0. The minimum atomic E-state index is 0.719. The average Bonchev–Trinajstić information content (AvgIpc) is 2.81. The van der Waals surface area contributed by atoms with Crippen LogP contribution in [0.2, 0.25) is 5.02 Å². The van der Waals surface area contributed by atoms with Crippen molar-refractivity contribution in [3.05, 3.63) is 53.2 Å². The number of nitrogens with one attached hydrogen (secondary N) is 1. The van der Waals surface area contributed by atoms with Gasteiger partial charge in [-0.2, -0.15) is 0 Å². The zero-order valence-electron chi connectivity index (χ0n) is 18.5. The Kier molecular flexibility index (Phi) is 7.14. The Balaban J connectivity index is 1.27. The van der Waals surface area contributed by atoms with Gasteiger partial charge in [0.25, 0.3) is 0 Å². The van der Waals surface area contributed by atoms with Gasteiger partial charge in [0.1, 0.15) is 5.82 Å². The van der Waals surface area contributed by atoms with Gasteiger partial charge in [-0.3, -0.25) is 4.99 Å². The number of piperazine rings is 2. The number of hydrogen-bond donors (Lipinski definition) is 1. The molecule has 2 aliphatic rings. The van der Waals surface area contributed by atoms with Crippen LogP contribution in [-0.4, -0.2) is 87.2 Å². The van der Waals surface area contributed by atoms with E-state index in [2.05, 4.69) is 55.2 Å². The third-order valence-electron chi connectivity index (χ3n) is 6.05. The Hall–Kier alpha value is -2.51. The molecule has 0 spiro atoms. The molecule has 7 nitrogen and oxygen atoms in total. The number of benzene rings is 1. The monoisotopic (exact) mass is 441 g/mol. The van der Waals surface area contributed by atoms with Crippen LogP contribution in [0.3, 0.4) is 0 Å². The van der Waals surface area contributed by atoms with Gasteiger partial charge in [-0.15, -0.1) is 0 Å². The van der Waals surface area contributed by atoms with E-state index in [-0.39, 0.29) is 0 Å². The molecule has 0 saturated carbocycles. The van der Waals surface area contributed by atoms with E-state index < -0.39 is 0 Å². The second kappa shape index (κ2) is 10.2. The molecule has 0 aliphatic carbocycles. The molecule has 4 rings (SSSR count). The lowest BCUT2D eigenvalue weighted by atomic mass is 10.2. The summed E-state index contributed by atoms with van der Waals surface area (Å²) >= 11 is 6.15. The Morgan fingerprint density at radius 3 is 2.39 bits per heavy atom. The van der Waals surface area contributed by atoms with Crippen molar-refractivity contribution in [1.82, 2.24) is 20.1 Å². The Bertz CT molecular complexity index is 870. The van der Waals surface area contributed by atoms with Crippen LogP contribution in [-0.2, 0) is 6.54 Å². The van der Waals surface area contributed by atoms with Crippen LogP contribution in [0.5, 0.6) is 0 Å². The topological polar surface area (TPSA) is 50.2 Å². The van der Waals surface area contributed by atoms with E-state index in [0.717, 1.165) is 81.3 Å². The van der Waals surface area contributed by atoms with Crippen molar-refractivity contribution in [1.29, 1.82) is 0 Å². The van der Waals surface area contributed by atoms with Gasteiger partial charge in [-0.1, -0.05) is 23.7 Å². The first-order chi connectivity index (χ1) is 15.1. The van der Waals surface area contributed by atoms with Crippen molar-refractivity contribution in [2.24, 2.45) is 4.99 Å². The number of pyridine rings is 1. The van der Waals surface area contributed by atoms with Gasteiger partial charge in [0.2, 0.25) is 0 Å². The van der Waals surface area contributed by atoms with Gasteiger partial charge in [-0.25, -0.2) is 4.98 Å². The highest BCUT2D eigenvalue weighted by atomic mass is 35.5. The lowest BCUT2D eigenvalue weighted by molar-refractivity contribution is 0.312. The van der Waals surface area contributed by atoms with Crippen LogP contribution in [0.4, 0.5) is 11.5 Å². The molecular formula is C23H32ClN7. The van der Waals surface area contributed by atoms with Gasteiger partial charge in [0.15, 0.2) is 5.96 Å². The Morgan fingerprint density at radius 2 is 1.74 bits per heavy atom. The van der Waals surface area contributed by atoms with Crippen LogP contribution >= 0.6 is 11.6 Å². The third-order valence-corrected chi connectivity index (χ3v) is 6.29. The lowest BCUT2D eigenvalue weighted by Crippen LogP contribution is -2.52. The summed E-state index contributed by atoms with van der Waals surface area (Å²) in [5.41, 5.74) is 2.35. The Labute approximate surface area is 190 Å². The highest BCUT2D eigenvalue weighted by Gasteiger charge is 2.20. The smallest absolute Gasteiger partial charge is 0.194 e. The number of likely N-dealkylation sites (N-methyl/N-ethyl adjacent to an activating group) is 1. The summed E-state index contributed by atoms with van der Waals surface area (Å²) in [5.74, 6) is 2.01. The fourth-order valence-electron chi connectivity index (χ4n) is 4.11. The number of anilines is 2. The quantitative estimate of drug-likeness (QED) is 0.580. The van der Waals surface area contributed by atoms with Gasteiger partial charge in [0, 0.05) is 82.9 Å². The van der Waals surface area contributed by atoms with E-state index >= 15 is 0 Å². The van der Waals surface area contributed by atoms with Crippen LogP contribution in [0.15, 0.2) is 47.6 Å². The first kappa shape index (κ1) is 21.7. The molecule has 2 saturated heterocycles. The molecule has 2 aliphatic heterocycles. The molecule has 0 atom stereocenters. The summed E-state index contributed by atoms with van der Waals surface area (Å²) in [7, 11) is 4.02. The number of nitrogens with zero attached hydrogens (tertiary/aromatic N) is 6. The van der Waals surface area contributed by atoms with E-state index in [1.807, 2.05) is 31.4 Å². The molecule has 8 heteroatoms. The van der Waals surface area contributed by atoms with E-state index in [0.29, 0.717) is 0 Å². The predicted molar refractivity (Wildman–Crippen MR) is 129 cm³/mol. The lowest BCUT2D eigenvalue weighted by Gasteiger charge is -2.37. The molecule has 1 aromatic carbocycles. The fourth-order valence-corrected chi connectivity index (χ4v) is 4.29. The van der Waals surface area contributed by atoms with Gasteiger partial charge < -0.3 is 24.9 Å². The summed E-state index contributed by atoms with van der Waals surface area (Å²) in [5, 5.41) is 4.28. The molecule has 0 bridgehead atoms. The maximum Gasteiger partial charge on any atom is 0.194 e. The van der Waals surface area contributed by atoms with E-state index in [4.69, 9.17) is 16.6 Å². The third kappa shape index (κ3) is 5.60. The Morgan fingerprint density at radius 1 is 1.00 bits per heavy atom. The standard InChI is InChI=1S/C23H32ClN7/c1-25-23(31-14-12-29(13-15-31)21-5-3-4-20(24)16-21)27-18-19-6-7-22(26-17-19)30-10-8-28(2)9-11-30/h3-7,16-17H,8-15,18H2,1-2H3,(H,25,27). The molecule has 3 heterocycles. The maximum atomic E-state index is 6.15. The maximum absolute atomic E-state index is 6.15. The van der Waals surface area contributed by atoms with Crippen LogP contribution in [0, 0.1) is 0 Å². The SMILES string of the molecule is CN=C(NCc1ccc(N2CCN(C)CC2)nc1)N1CCN(c2cccc(Cl)c2)CC1. The molecule has 0 radical (unpaired) electrons. The zero-order chi connectivity index (χ0) is 21.6. The number of halogens is 1. The van der Waals surface area contributed by atoms with Crippen molar-refractivity contribution >= 4 is 29.1 Å². The van der Waals surface area contributed by atoms with Gasteiger partial charge >= 0.3 is 0 Å². The van der Waals surface area contributed by atoms with Gasteiger partial charge in [-0.05, 0) is 36.9 Å². The second-order valence-corrected chi connectivity index (χ2v) is 8.61. The molecule has 2 fully saturated rings. The number of rotatable bonds is 4. The van der Waals surface area contributed by atoms with Crippen LogP contribution in [0.25, 0.3) is 0 Å². The molecule has 31 heavy (non-hydrogen) atoms. The van der Waals surface area contributed by atoms with Crippen molar-refractivity contribution in [2.75, 3.05) is 76.3 Å². The first-order valence-corrected chi connectivity index (χ1v) is 11.3. The highest BCUT2D eigenvalue weighted by Crippen LogP contribution is 2.21. The van der Waals surface area contributed by atoms with E-state index in [1.54, 1.807) is 0 Å². The highest BCUT2D eigenvalue weighted by molar-refractivity contribution is 6.30. The number of hydrogen-bond acceptors (Lipinski definition) is 5. The van der Waals surface area contributed by atoms with E-state index in [9.17, 15) is 0 Å². The number of aromatic nitrogens is 1. The van der Waals surface area contributed by atoms with Crippen molar-refractivity contribution in [2.45, 2.75) is 6.54 Å². The molecule has 0 amide bonds. The normalized spacial score (nSPS) is 18.4. The molecule has 1 N–H and O–H groups in total. The zero-order valence-corrected chi connectivity index (χ0v) is 19.2. The minimum Gasteiger partial charge on any atom is -0.368 e. The van der Waals surface area contributed by atoms with Crippen LogP contribution in [0.1, 0.15) is 5.56 Å². The van der Waals surface area contributed by atoms with Gasteiger partial charge in [0.05, 0.1) is 0 Å². The summed E-state index contributed by atoms with van der Waals surface area (Å²) in [6.07, 6.45) is 1.98. The average molecular weight is 442 g/mol. The molecule has 0 unspecified atom stereocenters. The summed E-state index contributed by atoms with van der Waals surface area (Å²) in [4.78, 5) is 18.6. The molecule has 2 aromatic rings. The predicted octanol–water partition coefficient (Wildman–Crippen LogP) is 2.38. The largest absolute Gasteiger partial charge is 0.368 e. The van der Waals surface area contributed by atoms with Crippen molar-refractivity contribution < 1.29 is 0 Å². The fraction of sp³-hybridized carbons (Fsp3) is 0.478. The number of aliphatic imine (C=N–C) groups is 1. The first-order valence-electron chi connectivity index (χ1n) is 11.0. The summed E-state index contributed by atoms with van der Waals surface area (Å²) in [6.45, 7) is 8.71. The molecule has 1 aromatic heterocycles. The van der Waals surface area contributed by atoms with Crippen molar-refractivity contribution in [3.63, 3.8) is 0 Å². The second-order valence-electron chi connectivity index (χ2n) is 8.17. The van der Waals surface area contributed by atoms with Crippen molar-refractivity contribution in [3.8, 4) is 0 Å². The molecule has 166 valence electrons. The van der Waals surface area contributed by atoms with Crippen LogP contribution < -0.4 is 15.1 Å². The minimum absolute atomic E-state index is 0.719. The summed E-state index contributed by atoms with van der Waals surface area (Å²) in [6, 6.07) is 12.4. The van der Waals surface area contributed by atoms with E-state index in [1.165, 1.54) is 5.69 Å². The number of guanidine groups is 1. The molecular weight excluding hydrogens is 410 g/mol.